The first-order chi connectivity index (χ1) is 8.65. The van der Waals surface area contributed by atoms with Crippen LogP contribution in [0.15, 0.2) is 42.5 Å². The van der Waals surface area contributed by atoms with E-state index in [1.54, 1.807) is 0 Å². The maximum atomic E-state index is 5.99. The highest BCUT2D eigenvalue weighted by atomic mass is 35.5. The number of aryl methyl sites for hydroxylation is 1. The largest absolute Gasteiger partial charge is 0.399 e. The third kappa shape index (κ3) is 3.49. The number of anilines is 1. The van der Waals surface area contributed by atoms with Gasteiger partial charge in [0, 0.05) is 23.8 Å². The molecule has 2 aromatic carbocycles. The third-order valence-corrected chi connectivity index (χ3v) is 3.14. The Morgan fingerprint density at radius 2 is 1.94 bits per heavy atom. The molecule has 94 valence electrons. The minimum absolute atomic E-state index is 0.779. The molecule has 0 amide bonds. The van der Waals surface area contributed by atoms with E-state index in [0.29, 0.717) is 0 Å². The predicted molar refractivity (Wildman–Crippen MR) is 77.6 cm³/mol. The molecular weight excluding hydrogens is 244 g/mol. The van der Waals surface area contributed by atoms with Gasteiger partial charge in [-0.3, -0.25) is 0 Å². The topological polar surface area (TPSA) is 38.0 Å². The molecule has 18 heavy (non-hydrogen) atoms. The van der Waals surface area contributed by atoms with Crippen LogP contribution in [0.5, 0.6) is 0 Å². The number of rotatable bonds is 4. The Kier molecular flexibility index (Phi) is 4.24. The summed E-state index contributed by atoms with van der Waals surface area (Å²) in [5.74, 6) is 0. The zero-order valence-corrected chi connectivity index (χ0v) is 11.2. The molecule has 0 atom stereocenters. The van der Waals surface area contributed by atoms with Crippen molar-refractivity contribution < 1.29 is 0 Å². The van der Waals surface area contributed by atoms with E-state index in [2.05, 4.69) is 18.3 Å². The van der Waals surface area contributed by atoms with Gasteiger partial charge in [-0.2, -0.15) is 0 Å². The van der Waals surface area contributed by atoms with E-state index in [4.69, 9.17) is 17.3 Å². The average Bonchev–Trinajstić information content (AvgIpc) is 2.34. The number of nitrogens with two attached hydrogens (primary N) is 1. The molecule has 0 saturated heterocycles. The summed E-state index contributed by atoms with van der Waals surface area (Å²) in [7, 11) is 0. The maximum Gasteiger partial charge on any atom is 0.0409 e. The molecular formula is C15H17ClN2. The van der Waals surface area contributed by atoms with Crippen LogP contribution < -0.4 is 11.1 Å². The summed E-state index contributed by atoms with van der Waals surface area (Å²) in [6, 6.07) is 13.9. The molecule has 3 N–H and O–H groups in total. The van der Waals surface area contributed by atoms with E-state index >= 15 is 0 Å². The Labute approximate surface area is 113 Å². The van der Waals surface area contributed by atoms with E-state index < -0.39 is 0 Å². The van der Waals surface area contributed by atoms with Crippen LogP contribution in [0.3, 0.4) is 0 Å². The molecule has 0 radical (unpaired) electrons. The van der Waals surface area contributed by atoms with Crippen LogP contribution >= 0.6 is 11.6 Å². The molecule has 0 bridgehead atoms. The molecule has 0 aliphatic heterocycles. The first kappa shape index (κ1) is 12.9. The Bertz CT molecular complexity index is 538. The second-order valence-electron chi connectivity index (χ2n) is 4.42. The molecule has 0 aliphatic rings. The molecule has 0 fully saturated rings. The Morgan fingerprint density at radius 3 is 2.72 bits per heavy atom. The summed E-state index contributed by atoms with van der Waals surface area (Å²) in [6.45, 7) is 3.70. The van der Waals surface area contributed by atoms with Crippen LogP contribution in [0.1, 0.15) is 16.7 Å². The molecule has 2 rings (SSSR count). The maximum absolute atomic E-state index is 5.99. The van der Waals surface area contributed by atoms with E-state index in [9.17, 15) is 0 Å². The Balaban J connectivity index is 1.94. The lowest BCUT2D eigenvalue weighted by molar-refractivity contribution is 0.691. The third-order valence-electron chi connectivity index (χ3n) is 2.91. The summed E-state index contributed by atoms with van der Waals surface area (Å²) < 4.78 is 0. The van der Waals surface area contributed by atoms with Crippen molar-refractivity contribution in [1.82, 2.24) is 5.32 Å². The van der Waals surface area contributed by atoms with Crippen LogP contribution in [0, 0.1) is 6.92 Å². The summed E-state index contributed by atoms with van der Waals surface area (Å²) >= 11 is 5.99. The van der Waals surface area contributed by atoms with Crippen molar-refractivity contribution in [3.8, 4) is 0 Å². The van der Waals surface area contributed by atoms with Crippen LogP contribution in [0.25, 0.3) is 0 Å². The number of hydrogen-bond donors (Lipinski definition) is 2. The van der Waals surface area contributed by atoms with Gasteiger partial charge in [0.2, 0.25) is 0 Å². The fourth-order valence-electron chi connectivity index (χ4n) is 1.88. The van der Waals surface area contributed by atoms with Gasteiger partial charge in [-0.25, -0.2) is 0 Å². The van der Waals surface area contributed by atoms with E-state index in [1.807, 2.05) is 36.4 Å². The van der Waals surface area contributed by atoms with Crippen molar-refractivity contribution in [2.45, 2.75) is 20.0 Å². The number of nitrogen functional groups attached to an aromatic ring is 1. The van der Waals surface area contributed by atoms with Gasteiger partial charge in [-0.1, -0.05) is 29.8 Å². The van der Waals surface area contributed by atoms with Crippen molar-refractivity contribution in [3.05, 3.63) is 64.2 Å². The summed E-state index contributed by atoms with van der Waals surface area (Å²) in [4.78, 5) is 0. The second-order valence-corrected chi connectivity index (χ2v) is 4.86. The van der Waals surface area contributed by atoms with Gasteiger partial charge < -0.3 is 11.1 Å². The van der Waals surface area contributed by atoms with Gasteiger partial charge in [0.15, 0.2) is 0 Å². The SMILES string of the molecule is Cc1ccc(Cl)cc1CNCc1cccc(N)c1. The second kappa shape index (κ2) is 5.89. The van der Waals surface area contributed by atoms with Gasteiger partial charge in [0.1, 0.15) is 0 Å². The fraction of sp³-hybridized carbons (Fsp3) is 0.200. The van der Waals surface area contributed by atoms with Gasteiger partial charge in [-0.15, -0.1) is 0 Å². The van der Waals surface area contributed by atoms with Crippen molar-refractivity contribution in [3.63, 3.8) is 0 Å². The molecule has 0 aromatic heterocycles. The highest BCUT2D eigenvalue weighted by molar-refractivity contribution is 6.30. The van der Waals surface area contributed by atoms with E-state index in [1.165, 1.54) is 16.7 Å². The zero-order valence-electron chi connectivity index (χ0n) is 10.4. The lowest BCUT2D eigenvalue weighted by Gasteiger charge is -2.09. The molecule has 0 aliphatic carbocycles. The highest BCUT2D eigenvalue weighted by Gasteiger charge is 1.99. The quantitative estimate of drug-likeness (QED) is 0.826. The zero-order chi connectivity index (χ0) is 13.0. The smallest absolute Gasteiger partial charge is 0.0409 e. The van der Waals surface area contributed by atoms with Crippen molar-refractivity contribution >= 4 is 17.3 Å². The average molecular weight is 261 g/mol. The molecule has 0 saturated carbocycles. The van der Waals surface area contributed by atoms with Gasteiger partial charge in [0.25, 0.3) is 0 Å². The van der Waals surface area contributed by atoms with E-state index in [-0.39, 0.29) is 0 Å². The Morgan fingerprint density at radius 1 is 1.11 bits per heavy atom. The van der Waals surface area contributed by atoms with E-state index in [0.717, 1.165) is 23.8 Å². The normalized spacial score (nSPS) is 10.6. The summed E-state index contributed by atoms with van der Waals surface area (Å²) in [6.07, 6.45) is 0. The molecule has 2 nitrogen and oxygen atoms in total. The fourth-order valence-corrected chi connectivity index (χ4v) is 2.07. The first-order valence-corrected chi connectivity index (χ1v) is 6.33. The number of nitrogens with one attached hydrogen (secondary N) is 1. The van der Waals surface area contributed by atoms with Crippen molar-refractivity contribution in [2.24, 2.45) is 0 Å². The van der Waals surface area contributed by atoms with Gasteiger partial charge in [-0.05, 0) is 47.9 Å². The number of halogens is 1. The molecule has 0 heterocycles. The lowest BCUT2D eigenvalue weighted by atomic mass is 10.1. The molecule has 0 unspecified atom stereocenters. The number of hydrogen-bond acceptors (Lipinski definition) is 2. The van der Waals surface area contributed by atoms with Crippen LogP contribution in [0.2, 0.25) is 5.02 Å². The van der Waals surface area contributed by atoms with Crippen LogP contribution in [-0.4, -0.2) is 0 Å². The summed E-state index contributed by atoms with van der Waals surface area (Å²) in [5, 5.41) is 4.18. The molecule has 2 aromatic rings. The lowest BCUT2D eigenvalue weighted by Crippen LogP contribution is -2.13. The van der Waals surface area contributed by atoms with Crippen molar-refractivity contribution in [2.75, 3.05) is 5.73 Å². The standard InChI is InChI=1S/C15H17ClN2/c1-11-5-6-14(16)8-13(11)10-18-9-12-3-2-4-15(17)7-12/h2-8,18H,9-10,17H2,1H3. The first-order valence-electron chi connectivity index (χ1n) is 5.95. The Hall–Kier alpha value is -1.51. The molecule has 3 heteroatoms. The van der Waals surface area contributed by atoms with Crippen molar-refractivity contribution in [1.29, 1.82) is 0 Å². The minimum Gasteiger partial charge on any atom is -0.399 e. The van der Waals surface area contributed by atoms with Crippen LogP contribution in [-0.2, 0) is 13.1 Å². The monoisotopic (exact) mass is 260 g/mol. The predicted octanol–water partition coefficient (Wildman–Crippen LogP) is 3.52. The minimum atomic E-state index is 0.779. The van der Waals surface area contributed by atoms with Gasteiger partial charge in [0.05, 0.1) is 0 Å². The number of benzene rings is 2. The van der Waals surface area contributed by atoms with Crippen LogP contribution in [0.4, 0.5) is 5.69 Å². The summed E-state index contributed by atoms with van der Waals surface area (Å²) in [5.41, 5.74) is 10.2. The van der Waals surface area contributed by atoms with Gasteiger partial charge >= 0.3 is 0 Å². The molecule has 0 spiro atoms. The highest BCUT2D eigenvalue weighted by Crippen LogP contribution is 2.15.